The van der Waals surface area contributed by atoms with Crippen LogP contribution in [0, 0.1) is 0 Å². The third-order valence-corrected chi connectivity index (χ3v) is 6.29. The Bertz CT molecular complexity index is 1360. The molecule has 2 aliphatic heterocycles. The largest absolute Gasteiger partial charge is 0.475 e. The summed E-state index contributed by atoms with van der Waals surface area (Å²) in [6.07, 6.45) is -15.0. The lowest BCUT2D eigenvalue weighted by atomic mass is 9.96. The van der Waals surface area contributed by atoms with Gasteiger partial charge in [0.2, 0.25) is 12.0 Å². The number of carbonyl (C=O) groups is 3. The fourth-order valence-electron chi connectivity index (χ4n) is 3.55. The molecule has 0 amide bonds. The second kappa shape index (κ2) is 13.2. The molecule has 0 aromatic heterocycles. The van der Waals surface area contributed by atoms with Gasteiger partial charge < -0.3 is 33.9 Å². The number of hydrogen-bond acceptors (Lipinski definition) is 17. The summed E-state index contributed by atoms with van der Waals surface area (Å²) < 4.78 is 131. The Kier molecular flexibility index (Phi) is 11.1. The van der Waals surface area contributed by atoms with E-state index in [4.69, 9.17) is 28.2 Å². The van der Waals surface area contributed by atoms with Crippen LogP contribution < -0.4 is 4.72 Å². The quantitative estimate of drug-likeness (QED) is 0.0858. The number of carboxylic acid groups (broad SMARTS) is 1. The standard InChI is InChI=1S/C16H23NO21S3/c1-5(18)33-7-3-8(14(20)21)36-16(12(7)38-41(29,30)31)37-11-9(4-32-40(26,27)28)35-15(22)10(17-39(23,24)25)13(11)34-6(2)19/h3,7,9-13,15-17,22H,4H2,1-2H3,(H,20,21)(H,23,24,25)(H,26,27,28)(H,29,30,31)/t7-,9+,10+,11+,12+,13+,15-,16-/m0/s1. The number of aliphatic hydroxyl groups is 1. The van der Waals surface area contributed by atoms with Crippen molar-refractivity contribution in [3.8, 4) is 0 Å². The molecular formula is C16H23NO21S3. The highest BCUT2D eigenvalue weighted by Crippen LogP contribution is 2.32. The molecular weight excluding hydrogens is 638 g/mol. The zero-order valence-electron chi connectivity index (χ0n) is 20.4. The maximum atomic E-state index is 11.8. The van der Waals surface area contributed by atoms with Gasteiger partial charge >= 0.3 is 49.0 Å². The zero-order chi connectivity index (χ0) is 31.5. The van der Waals surface area contributed by atoms with Gasteiger partial charge in [0.25, 0.3) is 0 Å². The van der Waals surface area contributed by atoms with Gasteiger partial charge in [0.05, 0.1) is 6.61 Å². The van der Waals surface area contributed by atoms with Gasteiger partial charge in [0.15, 0.2) is 24.6 Å². The van der Waals surface area contributed by atoms with E-state index in [1.165, 1.54) is 4.72 Å². The molecule has 0 unspecified atom stereocenters. The van der Waals surface area contributed by atoms with Crippen molar-refractivity contribution < 1.29 is 95.6 Å². The normalized spacial score (nSPS) is 30.9. The van der Waals surface area contributed by atoms with Crippen molar-refractivity contribution in [2.45, 2.75) is 63.0 Å². The van der Waals surface area contributed by atoms with Gasteiger partial charge in [0, 0.05) is 19.9 Å². The lowest BCUT2D eigenvalue weighted by Gasteiger charge is -2.45. The van der Waals surface area contributed by atoms with E-state index >= 15 is 0 Å². The fraction of sp³-hybridized carbons (Fsp3) is 0.688. The van der Waals surface area contributed by atoms with Crippen molar-refractivity contribution >= 4 is 49.0 Å². The molecule has 0 aromatic carbocycles. The van der Waals surface area contributed by atoms with Gasteiger partial charge in [-0.25, -0.2) is 13.2 Å². The minimum Gasteiger partial charge on any atom is -0.475 e. The zero-order valence-corrected chi connectivity index (χ0v) is 22.8. The van der Waals surface area contributed by atoms with Crippen LogP contribution in [0.15, 0.2) is 11.8 Å². The highest BCUT2D eigenvalue weighted by molar-refractivity contribution is 7.83. The van der Waals surface area contributed by atoms with Gasteiger partial charge in [-0.05, 0) is 0 Å². The van der Waals surface area contributed by atoms with E-state index in [2.05, 4.69) is 8.37 Å². The highest BCUT2D eigenvalue weighted by atomic mass is 32.3. The lowest BCUT2D eigenvalue weighted by molar-refractivity contribution is -0.305. The molecule has 2 aliphatic rings. The number of hydrogen-bond donors (Lipinski definition) is 6. The van der Waals surface area contributed by atoms with Crippen LogP contribution in [-0.2, 0) is 77.5 Å². The Balaban J connectivity index is 2.66. The van der Waals surface area contributed by atoms with Crippen LogP contribution in [-0.4, -0.2) is 123 Å². The Morgan fingerprint density at radius 1 is 0.927 bits per heavy atom. The SMILES string of the molecule is CC(=O)O[C@@H]1[C@@H](NS(=O)(=O)O)[C@@H](O)O[C@H](COS(=O)(=O)O)[C@H]1O[C@@H]1OC(C(=O)O)=C[C@H](OC(C)=O)[C@H]1OS(=O)(=O)O. The van der Waals surface area contributed by atoms with E-state index < -0.39 is 111 Å². The first kappa shape index (κ1) is 34.6. The topological polar surface area (TPSA) is 331 Å². The second-order valence-corrected chi connectivity index (χ2v) is 11.3. The third-order valence-electron chi connectivity index (χ3n) is 4.82. The molecule has 0 aromatic rings. The van der Waals surface area contributed by atoms with Gasteiger partial charge in [0.1, 0.15) is 18.2 Å². The number of carbonyl (C=O) groups excluding carboxylic acids is 2. The number of ether oxygens (including phenoxy) is 5. The first-order chi connectivity index (χ1) is 18.6. The predicted octanol–water partition coefficient (Wildman–Crippen LogP) is -3.95. The van der Waals surface area contributed by atoms with E-state index in [1.807, 2.05) is 0 Å². The molecule has 2 heterocycles. The van der Waals surface area contributed by atoms with Gasteiger partial charge in [-0.3, -0.25) is 23.2 Å². The van der Waals surface area contributed by atoms with Crippen molar-refractivity contribution in [2.24, 2.45) is 0 Å². The van der Waals surface area contributed by atoms with Crippen LogP contribution in [0.1, 0.15) is 13.8 Å². The predicted molar refractivity (Wildman–Crippen MR) is 120 cm³/mol. The van der Waals surface area contributed by atoms with Crippen molar-refractivity contribution in [3.63, 3.8) is 0 Å². The van der Waals surface area contributed by atoms with Crippen molar-refractivity contribution in [2.75, 3.05) is 6.61 Å². The Morgan fingerprint density at radius 2 is 1.51 bits per heavy atom. The minimum atomic E-state index is -5.47. The Morgan fingerprint density at radius 3 is 1.98 bits per heavy atom. The molecule has 8 atom stereocenters. The summed E-state index contributed by atoms with van der Waals surface area (Å²) in [5, 5.41) is 19.7. The van der Waals surface area contributed by atoms with Crippen LogP contribution >= 0.6 is 0 Å². The Hall–Kier alpha value is -2.56. The number of esters is 2. The summed E-state index contributed by atoms with van der Waals surface area (Å²) in [6.45, 7) is 0.268. The van der Waals surface area contributed by atoms with Gasteiger partial charge in [-0.15, -0.1) is 0 Å². The number of carboxylic acids is 1. The summed E-state index contributed by atoms with van der Waals surface area (Å²) in [5.74, 6) is -5.30. The van der Waals surface area contributed by atoms with Crippen LogP contribution in [0.4, 0.5) is 0 Å². The second-order valence-electron chi connectivity index (χ2n) is 7.96. The molecule has 2 rings (SSSR count). The van der Waals surface area contributed by atoms with Crippen LogP contribution in [0.5, 0.6) is 0 Å². The third kappa shape index (κ3) is 11.0. The van der Waals surface area contributed by atoms with Crippen LogP contribution in [0.3, 0.4) is 0 Å². The molecule has 236 valence electrons. The molecule has 6 N–H and O–H groups in total. The van der Waals surface area contributed by atoms with E-state index in [-0.39, 0.29) is 0 Å². The molecule has 41 heavy (non-hydrogen) atoms. The van der Waals surface area contributed by atoms with Gasteiger partial charge in [-0.1, -0.05) is 0 Å². The summed E-state index contributed by atoms with van der Waals surface area (Å²) >= 11 is 0. The summed E-state index contributed by atoms with van der Waals surface area (Å²) in [4.78, 5) is 35.0. The van der Waals surface area contributed by atoms with Crippen molar-refractivity contribution in [1.82, 2.24) is 4.72 Å². The van der Waals surface area contributed by atoms with Crippen LogP contribution in [0.25, 0.3) is 0 Å². The van der Waals surface area contributed by atoms with E-state index in [9.17, 15) is 59.0 Å². The molecule has 22 nitrogen and oxygen atoms in total. The smallest absolute Gasteiger partial charge is 0.397 e. The summed E-state index contributed by atoms with van der Waals surface area (Å²) in [6, 6.07) is -2.18. The van der Waals surface area contributed by atoms with Crippen LogP contribution in [0.2, 0.25) is 0 Å². The molecule has 0 bridgehead atoms. The number of nitrogens with one attached hydrogen (secondary N) is 1. The van der Waals surface area contributed by atoms with E-state index in [1.54, 1.807) is 0 Å². The average Bonchev–Trinajstić information content (AvgIpc) is 2.75. The summed E-state index contributed by atoms with van der Waals surface area (Å²) in [7, 11) is -15.9. The average molecular weight is 662 g/mol. The monoisotopic (exact) mass is 661 g/mol. The Labute approximate surface area is 230 Å². The molecule has 1 saturated heterocycles. The maximum Gasteiger partial charge on any atom is 0.397 e. The minimum absolute atomic E-state index is 0.533. The number of rotatable bonds is 12. The number of aliphatic hydroxyl groups excluding tert-OH is 1. The van der Waals surface area contributed by atoms with E-state index in [0.29, 0.717) is 6.08 Å². The highest BCUT2D eigenvalue weighted by Gasteiger charge is 2.53. The van der Waals surface area contributed by atoms with E-state index in [0.717, 1.165) is 13.8 Å². The molecule has 0 radical (unpaired) electrons. The molecule has 0 aliphatic carbocycles. The molecule has 25 heteroatoms. The number of aliphatic carboxylic acids is 1. The van der Waals surface area contributed by atoms with Crippen molar-refractivity contribution in [3.05, 3.63) is 11.8 Å². The fourth-order valence-corrected chi connectivity index (χ4v) is 4.93. The first-order valence-corrected chi connectivity index (χ1v) is 14.7. The maximum absolute atomic E-state index is 11.8. The molecule has 0 spiro atoms. The lowest BCUT2D eigenvalue weighted by Crippen LogP contribution is -2.67. The molecule has 0 saturated carbocycles. The van der Waals surface area contributed by atoms with Crippen molar-refractivity contribution in [1.29, 1.82) is 0 Å². The molecule has 1 fully saturated rings. The summed E-state index contributed by atoms with van der Waals surface area (Å²) in [5.41, 5.74) is 0. The van der Waals surface area contributed by atoms with Gasteiger partial charge in [-0.2, -0.15) is 30.0 Å². The first-order valence-electron chi connectivity index (χ1n) is 10.5.